The number of benzene rings is 1. The molecule has 0 aliphatic rings. The maximum atomic E-state index is 13.4. The molecule has 0 bridgehead atoms. The fraction of sp³-hybridized carbons (Fsp3) is 0.238. The number of nitrogens with one attached hydrogen (secondary N) is 3. The second kappa shape index (κ2) is 11.3. The lowest BCUT2D eigenvalue weighted by atomic mass is 10.2. The molecule has 0 aliphatic heterocycles. The molecule has 0 saturated heterocycles. The van der Waals surface area contributed by atoms with Crippen LogP contribution in [0.25, 0.3) is 0 Å². The van der Waals surface area contributed by atoms with Gasteiger partial charge in [0.1, 0.15) is 16.5 Å². The third kappa shape index (κ3) is 6.66. The van der Waals surface area contributed by atoms with Crippen LogP contribution < -0.4 is 16.0 Å². The summed E-state index contributed by atoms with van der Waals surface area (Å²) in [4.78, 5) is 45.3. The minimum Gasteiger partial charge on any atom is -0.465 e. The molecular formula is C21H21F2N7O4S. The largest absolute Gasteiger partial charge is 0.465 e. The van der Waals surface area contributed by atoms with Crippen LogP contribution in [0, 0.1) is 18.6 Å². The molecule has 0 spiro atoms. The van der Waals surface area contributed by atoms with Crippen molar-refractivity contribution in [3.63, 3.8) is 0 Å². The standard InChI is InChI=1S/C21H21F2N7O4S/c1-11-17(18(31)27-12-4-5-13(22)14(23)8-12)19(35-29-11)28-16-10-25-15(9-26-16)20(32)30(2)7-3-6-24-21(33)34/h4-5,8-10,24H,3,6-7H2,1-2H3,(H,26,28)(H,27,31)(H,33,34). The molecule has 3 rings (SSSR count). The SMILES string of the molecule is Cc1nsc(Nc2cnc(C(=O)N(C)CCCNC(=O)O)cn2)c1C(=O)Nc1ccc(F)c(F)c1. The van der Waals surface area contributed by atoms with Gasteiger partial charge in [-0.1, -0.05) is 0 Å². The van der Waals surface area contributed by atoms with Crippen LogP contribution in [0.1, 0.15) is 33.0 Å². The number of halogens is 2. The minimum absolute atomic E-state index is 0.0796. The average molecular weight is 506 g/mol. The van der Waals surface area contributed by atoms with E-state index >= 15 is 0 Å². The lowest BCUT2D eigenvalue weighted by molar-refractivity contribution is 0.0787. The molecule has 3 amide bonds. The van der Waals surface area contributed by atoms with Gasteiger partial charge in [0.25, 0.3) is 11.8 Å². The summed E-state index contributed by atoms with van der Waals surface area (Å²) in [6.07, 6.45) is 1.89. The number of amides is 3. The van der Waals surface area contributed by atoms with Gasteiger partial charge in [-0.05, 0) is 37.0 Å². The molecule has 4 N–H and O–H groups in total. The molecule has 0 radical (unpaired) electrons. The highest BCUT2D eigenvalue weighted by Gasteiger charge is 2.20. The first-order valence-corrected chi connectivity index (χ1v) is 11.0. The van der Waals surface area contributed by atoms with Crippen molar-refractivity contribution >= 4 is 45.9 Å². The molecule has 11 nitrogen and oxygen atoms in total. The van der Waals surface area contributed by atoms with Gasteiger partial charge < -0.3 is 26.0 Å². The molecular weight excluding hydrogens is 484 g/mol. The number of aromatic nitrogens is 3. The molecule has 3 aromatic rings. The summed E-state index contributed by atoms with van der Waals surface area (Å²) in [5, 5.41) is 16.6. The zero-order valence-corrected chi connectivity index (χ0v) is 19.4. The summed E-state index contributed by atoms with van der Waals surface area (Å²) in [7, 11) is 1.56. The number of hydrogen-bond donors (Lipinski definition) is 4. The lowest BCUT2D eigenvalue weighted by Gasteiger charge is -2.16. The number of nitrogens with zero attached hydrogens (tertiary/aromatic N) is 4. The molecule has 0 aliphatic carbocycles. The van der Waals surface area contributed by atoms with E-state index in [4.69, 9.17) is 5.11 Å². The molecule has 2 heterocycles. The van der Waals surface area contributed by atoms with Crippen LogP contribution in [0.15, 0.2) is 30.6 Å². The van der Waals surface area contributed by atoms with E-state index in [0.29, 0.717) is 23.7 Å². The van der Waals surface area contributed by atoms with Crippen LogP contribution in [0.2, 0.25) is 0 Å². The number of carbonyl (C=O) groups is 3. The number of hydrogen-bond acceptors (Lipinski definition) is 8. The van der Waals surface area contributed by atoms with Crippen molar-refractivity contribution < 1.29 is 28.3 Å². The smallest absolute Gasteiger partial charge is 0.404 e. The monoisotopic (exact) mass is 505 g/mol. The summed E-state index contributed by atoms with van der Waals surface area (Å²) in [5.74, 6) is -2.84. The first-order valence-electron chi connectivity index (χ1n) is 10.2. The molecule has 184 valence electrons. The second-order valence-corrected chi connectivity index (χ2v) is 8.05. The van der Waals surface area contributed by atoms with Crippen LogP contribution in [-0.2, 0) is 0 Å². The Balaban J connectivity index is 1.65. The summed E-state index contributed by atoms with van der Waals surface area (Å²) in [6, 6.07) is 3.02. The molecule has 14 heteroatoms. The summed E-state index contributed by atoms with van der Waals surface area (Å²) in [5.41, 5.74) is 0.768. The van der Waals surface area contributed by atoms with Crippen molar-refractivity contribution in [3.05, 3.63) is 59.2 Å². The summed E-state index contributed by atoms with van der Waals surface area (Å²) < 4.78 is 30.7. The van der Waals surface area contributed by atoms with Gasteiger partial charge in [0.2, 0.25) is 0 Å². The van der Waals surface area contributed by atoms with Crippen LogP contribution in [0.3, 0.4) is 0 Å². The van der Waals surface area contributed by atoms with E-state index in [1.807, 2.05) is 0 Å². The number of carbonyl (C=O) groups excluding carboxylic acids is 2. The van der Waals surface area contributed by atoms with Crippen molar-refractivity contribution in [2.24, 2.45) is 0 Å². The Bertz CT molecular complexity index is 1240. The normalized spacial score (nSPS) is 10.5. The Labute approximate surface area is 202 Å². The maximum Gasteiger partial charge on any atom is 0.404 e. The Morgan fingerprint density at radius 3 is 2.57 bits per heavy atom. The van der Waals surface area contributed by atoms with Crippen LogP contribution in [0.4, 0.5) is 30.1 Å². The Morgan fingerprint density at radius 1 is 1.14 bits per heavy atom. The van der Waals surface area contributed by atoms with Crippen LogP contribution >= 0.6 is 11.5 Å². The molecule has 35 heavy (non-hydrogen) atoms. The highest BCUT2D eigenvalue weighted by atomic mass is 32.1. The first-order chi connectivity index (χ1) is 16.7. The Hall–Kier alpha value is -4.20. The molecule has 2 aromatic heterocycles. The van der Waals surface area contributed by atoms with Crippen LogP contribution in [-0.4, -0.2) is 62.4 Å². The number of anilines is 3. The maximum absolute atomic E-state index is 13.4. The fourth-order valence-electron chi connectivity index (χ4n) is 2.92. The number of aryl methyl sites for hydroxylation is 1. The predicted octanol–water partition coefficient (Wildman–Crippen LogP) is 3.25. The van der Waals surface area contributed by atoms with Crippen molar-refractivity contribution in [2.75, 3.05) is 30.8 Å². The van der Waals surface area contributed by atoms with Gasteiger partial charge in [0.15, 0.2) is 11.6 Å². The second-order valence-electron chi connectivity index (χ2n) is 7.28. The highest BCUT2D eigenvalue weighted by molar-refractivity contribution is 7.10. The van der Waals surface area contributed by atoms with Gasteiger partial charge in [-0.2, -0.15) is 4.37 Å². The third-order valence-corrected chi connectivity index (χ3v) is 5.53. The van der Waals surface area contributed by atoms with E-state index in [-0.39, 0.29) is 35.2 Å². The highest BCUT2D eigenvalue weighted by Crippen LogP contribution is 2.28. The van der Waals surface area contributed by atoms with Crippen molar-refractivity contribution in [3.8, 4) is 0 Å². The summed E-state index contributed by atoms with van der Waals surface area (Å²) >= 11 is 0.997. The lowest BCUT2D eigenvalue weighted by Crippen LogP contribution is -2.31. The minimum atomic E-state index is -1.13. The van der Waals surface area contributed by atoms with Gasteiger partial charge in [-0.15, -0.1) is 0 Å². The van der Waals surface area contributed by atoms with Gasteiger partial charge >= 0.3 is 6.09 Å². The van der Waals surface area contributed by atoms with E-state index in [2.05, 4.69) is 30.3 Å². The van der Waals surface area contributed by atoms with Crippen molar-refractivity contribution in [1.82, 2.24) is 24.6 Å². The zero-order valence-electron chi connectivity index (χ0n) is 18.6. The quantitative estimate of drug-likeness (QED) is 0.324. The number of carboxylic acid groups (broad SMARTS) is 1. The molecule has 0 atom stereocenters. The molecule has 1 aromatic carbocycles. The van der Waals surface area contributed by atoms with E-state index in [0.717, 1.165) is 23.7 Å². The molecule has 0 unspecified atom stereocenters. The predicted molar refractivity (Wildman–Crippen MR) is 124 cm³/mol. The van der Waals surface area contributed by atoms with E-state index in [1.165, 1.54) is 23.4 Å². The van der Waals surface area contributed by atoms with Gasteiger partial charge in [-0.3, -0.25) is 9.59 Å². The van der Waals surface area contributed by atoms with Gasteiger partial charge in [0, 0.05) is 31.9 Å². The van der Waals surface area contributed by atoms with Gasteiger partial charge in [0.05, 0.1) is 23.7 Å². The zero-order chi connectivity index (χ0) is 25.5. The molecule has 0 fully saturated rings. The Morgan fingerprint density at radius 2 is 1.91 bits per heavy atom. The van der Waals surface area contributed by atoms with Gasteiger partial charge in [-0.25, -0.2) is 23.5 Å². The fourth-order valence-corrected chi connectivity index (χ4v) is 3.72. The van der Waals surface area contributed by atoms with Crippen molar-refractivity contribution in [2.45, 2.75) is 13.3 Å². The summed E-state index contributed by atoms with van der Waals surface area (Å²) in [6.45, 7) is 2.15. The van der Waals surface area contributed by atoms with E-state index in [1.54, 1.807) is 14.0 Å². The van der Waals surface area contributed by atoms with Crippen molar-refractivity contribution in [1.29, 1.82) is 0 Å². The third-order valence-electron chi connectivity index (χ3n) is 4.67. The number of rotatable bonds is 9. The first kappa shape index (κ1) is 25.4. The topological polar surface area (TPSA) is 149 Å². The van der Waals surface area contributed by atoms with E-state index in [9.17, 15) is 23.2 Å². The average Bonchev–Trinajstić information content (AvgIpc) is 3.18. The molecule has 0 saturated carbocycles. The Kier molecular flexibility index (Phi) is 8.20. The van der Waals surface area contributed by atoms with Crippen LogP contribution in [0.5, 0.6) is 0 Å². The van der Waals surface area contributed by atoms with E-state index < -0.39 is 23.6 Å².